The Labute approximate surface area is 118 Å². The van der Waals surface area contributed by atoms with Crippen LogP contribution in [-0.4, -0.2) is 68.3 Å². The highest BCUT2D eigenvalue weighted by Crippen LogP contribution is 2.31. The molecule has 112 valence electrons. The second kappa shape index (κ2) is 6.53. The van der Waals surface area contributed by atoms with Gasteiger partial charge in [-0.1, -0.05) is 0 Å². The van der Waals surface area contributed by atoms with Gasteiger partial charge in [-0.2, -0.15) is 0 Å². The first-order valence-corrected chi connectivity index (χ1v) is 7.77. The maximum Gasteiger partial charge on any atom is 0.0469 e. The molecule has 2 heterocycles. The van der Waals surface area contributed by atoms with Crippen molar-refractivity contribution in [1.82, 2.24) is 9.80 Å². The molecule has 0 spiro atoms. The Bertz CT molecular complexity index is 281. The van der Waals surface area contributed by atoms with E-state index in [1.807, 2.05) is 0 Å². The minimum Gasteiger partial charge on any atom is -0.381 e. The summed E-state index contributed by atoms with van der Waals surface area (Å²) in [5.41, 5.74) is 6.38. The maximum atomic E-state index is 6.17. The number of likely N-dealkylation sites (N-methyl/N-ethyl adjacent to an activating group) is 1. The fourth-order valence-corrected chi connectivity index (χ4v) is 3.61. The maximum absolute atomic E-state index is 6.17. The van der Waals surface area contributed by atoms with Gasteiger partial charge in [0.05, 0.1) is 0 Å². The Morgan fingerprint density at radius 2 is 2.05 bits per heavy atom. The van der Waals surface area contributed by atoms with E-state index in [0.717, 1.165) is 32.2 Å². The van der Waals surface area contributed by atoms with Crippen molar-refractivity contribution in [2.24, 2.45) is 11.7 Å². The quantitative estimate of drug-likeness (QED) is 0.831. The van der Waals surface area contributed by atoms with Crippen molar-refractivity contribution in [3.05, 3.63) is 0 Å². The first-order chi connectivity index (χ1) is 9.07. The summed E-state index contributed by atoms with van der Waals surface area (Å²) in [4.78, 5) is 5.02. The number of nitrogens with two attached hydrogens (primary N) is 1. The van der Waals surface area contributed by atoms with E-state index in [0.29, 0.717) is 6.04 Å². The molecule has 2 atom stereocenters. The summed E-state index contributed by atoms with van der Waals surface area (Å²) in [5.74, 6) is 0.789. The Morgan fingerprint density at radius 1 is 1.37 bits per heavy atom. The zero-order valence-electron chi connectivity index (χ0n) is 12.9. The van der Waals surface area contributed by atoms with Crippen LogP contribution < -0.4 is 5.73 Å². The minimum absolute atomic E-state index is 0.213. The van der Waals surface area contributed by atoms with Crippen LogP contribution in [0.2, 0.25) is 0 Å². The van der Waals surface area contributed by atoms with Crippen molar-refractivity contribution in [2.75, 3.05) is 46.9 Å². The van der Waals surface area contributed by atoms with Crippen molar-refractivity contribution >= 4 is 0 Å². The van der Waals surface area contributed by atoms with Gasteiger partial charge in [-0.25, -0.2) is 0 Å². The summed E-state index contributed by atoms with van der Waals surface area (Å²) < 4.78 is 5.46. The zero-order valence-corrected chi connectivity index (χ0v) is 12.9. The second-order valence-corrected chi connectivity index (χ2v) is 6.65. The van der Waals surface area contributed by atoms with Gasteiger partial charge in [0.25, 0.3) is 0 Å². The number of rotatable bonds is 4. The fraction of sp³-hybridized carbons (Fsp3) is 1.00. The molecule has 2 fully saturated rings. The van der Waals surface area contributed by atoms with Crippen LogP contribution in [0.5, 0.6) is 0 Å². The lowest BCUT2D eigenvalue weighted by Crippen LogP contribution is -2.60. The molecule has 2 N–H and O–H groups in total. The first-order valence-electron chi connectivity index (χ1n) is 7.77. The number of piperidine rings is 1. The smallest absolute Gasteiger partial charge is 0.0469 e. The van der Waals surface area contributed by atoms with E-state index in [9.17, 15) is 0 Å². The molecule has 2 unspecified atom stereocenters. The van der Waals surface area contributed by atoms with Crippen molar-refractivity contribution < 1.29 is 4.74 Å². The lowest BCUT2D eigenvalue weighted by Gasteiger charge is -2.50. The number of hydrogen-bond donors (Lipinski definition) is 1. The van der Waals surface area contributed by atoms with Crippen LogP contribution in [0.3, 0.4) is 0 Å². The van der Waals surface area contributed by atoms with Crippen LogP contribution in [0.1, 0.15) is 32.6 Å². The Kier molecular flexibility index (Phi) is 5.23. The van der Waals surface area contributed by atoms with Gasteiger partial charge in [-0.05, 0) is 59.2 Å². The van der Waals surface area contributed by atoms with Crippen LogP contribution in [0.25, 0.3) is 0 Å². The van der Waals surface area contributed by atoms with E-state index in [1.54, 1.807) is 0 Å². The lowest BCUT2D eigenvalue weighted by atomic mass is 9.81. The van der Waals surface area contributed by atoms with Crippen LogP contribution in [0.15, 0.2) is 0 Å². The summed E-state index contributed by atoms with van der Waals surface area (Å²) in [6, 6.07) is 0.634. The monoisotopic (exact) mass is 269 g/mol. The third-order valence-electron chi connectivity index (χ3n) is 5.42. The van der Waals surface area contributed by atoms with Gasteiger partial charge in [-0.15, -0.1) is 0 Å². The average Bonchev–Trinajstić information content (AvgIpc) is 2.43. The van der Waals surface area contributed by atoms with Crippen molar-refractivity contribution in [3.63, 3.8) is 0 Å². The average molecular weight is 269 g/mol. The van der Waals surface area contributed by atoms with E-state index in [1.165, 1.54) is 32.2 Å². The first kappa shape index (κ1) is 15.2. The van der Waals surface area contributed by atoms with Gasteiger partial charge in [0.1, 0.15) is 0 Å². The largest absolute Gasteiger partial charge is 0.381 e. The molecule has 0 amide bonds. The predicted octanol–water partition coefficient (Wildman–Crippen LogP) is 1.16. The Hall–Kier alpha value is -0.160. The van der Waals surface area contributed by atoms with Crippen molar-refractivity contribution in [1.29, 1.82) is 0 Å². The summed E-state index contributed by atoms with van der Waals surface area (Å²) in [6.45, 7) is 7.32. The lowest BCUT2D eigenvalue weighted by molar-refractivity contribution is -0.00144. The highest BCUT2D eigenvalue weighted by Gasteiger charge is 2.39. The van der Waals surface area contributed by atoms with Gasteiger partial charge in [0.15, 0.2) is 0 Å². The third-order valence-corrected chi connectivity index (χ3v) is 5.42. The number of likely N-dealkylation sites (tertiary alicyclic amines) is 1. The molecule has 0 aliphatic carbocycles. The standard InChI is InChI=1S/C15H31N3O/c1-13-10-15(12-16,6-7-17(13)2)18(3)11-14-4-8-19-9-5-14/h13-14H,4-12,16H2,1-3H3. The molecule has 19 heavy (non-hydrogen) atoms. The molecule has 2 saturated heterocycles. The highest BCUT2D eigenvalue weighted by molar-refractivity contribution is 4.98. The topological polar surface area (TPSA) is 41.7 Å². The summed E-state index contributed by atoms with van der Waals surface area (Å²) in [7, 11) is 4.50. The van der Waals surface area contributed by atoms with Gasteiger partial charge in [0, 0.05) is 37.9 Å². The minimum atomic E-state index is 0.213. The van der Waals surface area contributed by atoms with Crippen LogP contribution in [0.4, 0.5) is 0 Å². The van der Waals surface area contributed by atoms with E-state index < -0.39 is 0 Å². The molecule has 0 saturated carbocycles. The Morgan fingerprint density at radius 3 is 2.63 bits per heavy atom. The molecular weight excluding hydrogens is 238 g/mol. The SMILES string of the molecule is CC1CC(CN)(N(C)CC2CCOCC2)CCN1C. The van der Waals surface area contributed by atoms with Crippen molar-refractivity contribution in [2.45, 2.75) is 44.2 Å². The zero-order chi connectivity index (χ0) is 13.9. The summed E-state index contributed by atoms with van der Waals surface area (Å²) in [5, 5.41) is 0. The van der Waals surface area contributed by atoms with Crippen LogP contribution in [-0.2, 0) is 4.74 Å². The van der Waals surface area contributed by atoms with Gasteiger partial charge < -0.3 is 15.4 Å². The third kappa shape index (κ3) is 3.48. The van der Waals surface area contributed by atoms with Gasteiger partial charge in [0.2, 0.25) is 0 Å². The highest BCUT2D eigenvalue weighted by atomic mass is 16.5. The fourth-order valence-electron chi connectivity index (χ4n) is 3.61. The normalized spacial score (nSPS) is 34.9. The molecule has 0 aromatic carbocycles. The molecular formula is C15H31N3O. The molecule has 2 aliphatic rings. The van der Waals surface area contributed by atoms with Crippen LogP contribution in [0, 0.1) is 5.92 Å². The van der Waals surface area contributed by atoms with Gasteiger partial charge in [-0.3, -0.25) is 4.90 Å². The van der Waals surface area contributed by atoms with Crippen LogP contribution >= 0.6 is 0 Å². The molecule has 2 aliphatic heterocycles. The number of nitrogens with zero attached hydrogens (tertiary/aromatic N) is 2. The van der Waals surface area contributed by atoms with Gasteiger partial charge >= 0.3 is 0 Å². The van der Waals surface area contributed by atoms with E-state index in [-0.39, 0.29) is 5.54 Å². The predicted molar refractivity (Wildman–Crippen MR) is 79.3 cm³/mol. The molecule has 4 heteroatoms. The molecule has 4 nitrogen and oxygen atoms in total. The molecule has 0 aromatic rings. The molecule has 0 radical (unpaired) electrons. The Balaban J connectivity index is 1.95. The molecule has 2 rings (SSSR count). The molecule has 0 bridgehead atoms. The summed E-state index contributed by atoms with van der Waals surface area (Å²) in [6.07, 6.45) is 4.81. The second-order valence-electron chi connectivity index (χ2n) is 6.65. The number of hydrogen-bond acceptors (Lipinski definition) is 4. The van der Waals surface area contributed by atoms with E-state index in [2.05, 4.69) is 30.8 Å². The summed E-state index contributed by atoms with van der Waals surface area (Å²) >= 11 is 0. The van der Waals surface area contributed by atoms with E-state index in [4.69, 9.17) is 10.5 Å². The van der Waals surface area contributed by atoms with Crippen molar-refractivity contribution in [3.8, 4) is 0 Å². The van der Waals surface area contributed by atoms with E-state index >= 15 is 0 Å². The molecule has 0 aromatic heterocycles. The number of ether oxygens (including phenoxy) is 1.